The first kappa shape index (κ1) is 15.6. The smallest absolute Gasteiger partial charge is 0.122 e. The molecule has 20 heavy (non-hydrogen) atoms. The fraction of sp³-hybridized carbons (Fsp3) is 0.765. The van der Waals surface area contributed by atoms with Crippen LogP contribution in [-0.4, -0.2) is 23.0 Å². The molecule has 3 heteroatoms. The Morgan fingerprint density at radius 3 is 2.80 bits per heavy atom. The first-order valence-corrected chi connectivity index (χ1v) is 7.91. The molecule has 1 aromatic heterocycles. The molecule has 2 rings (SSSR count). The number of likely N-dealkylation sites (tertiary alicyclic amines) is 1. The molecular weight excluding hydrogens is 248 g/mol. The summed E-state index contributed by atoms with van der Waals surface area (Å²) in [7, 11) is 0. The van der Waals surface area contributed by atoms with Crippen LogP contribution in [0.15, 0.2) is 16.7 Å². The predicted molar refractivity (Wildman–Crippen MR) is 83.6 cm³/mol. The van der Waals surface area contributed by atoms with Crippen molar-refractivity contribution < 1.29 is 4.42 Å². The molecule has 1 saturated heterocycles. The highest BCUT2D eigenvalue weighted by molar-refractivity contribution is 5.17. The Hall–Kier alpha value is -0.800. The predicted octanol–water partition coefficient (Wildman–Crippen LogP) is 3.79. The van der Waals surface area contributed by atoms with Gasteiger partial charge in [0.2, 0.25) is 0 Å². The van der Waals surface area contributed by atoms with Gasteiger partial charge in [0.15, 0.2) is 0 Å². The normalized spacial score (nSPS) is 25.1. The lowest BCUT2D eigenvalue weighted by molar-refractivity contribution is 0.106. The number of nitrogens with one attached hydrogen (secondary N) is 1. The Morgan fingerprint density at radius 2 is 2.10 bits per heavy atom. The van der Waals surface area contributed by atoms with E-state index in [0.717, 1.165) is 24.8 Å². The van der Waals surface area contributed by atoms with Gasteiger partial charge in [-0.15, -0.1) is 0 Å². The summed E-state index contributed by atoms with van der Waals surface area (Å²) in [6.45, 7) is 14.3. The van der Waals surface area contributed by atoms with Gasteiger partial charge in [0.1, 0.15) is 5.76 Å². The molecule has 114 valence electrons. The minimum Gasteiger partial charge on any atom is -0.468 e. The Bertz CT molecular complexity index is 419. The molecule has 3 nitrogen and oxygen atoms in total. The van der Waals surface area contributed by atoms with E-state index in [4.69, 9.17) is 4.42 Å². The fourth-order valence-electron chi connectivity index (χ4n) is 2.87. The van der Waals surface area contributed by atoms with Crippen molar-refractivity contribution in [2.75, 3.05) is 6.54 Å². The van der Waals surface area contributed by atoms with Crippen molar-refractivity contribution in [3.8, 4) is 0 Å². The van der Waals surface area contributed by atoms with Gasteiger partial charge in [0, 0.05) is 23.7 Å². The maximum absolute atomic E-state index is 5.67. The quantitative estimate of drug-likeness (QED) is 0.908. The lowest BCUT2D eigenvalue weighted by Crippen LogP contribution is -2.42. The van der Waals surface area contributed by atoms with Crippen molar-refractivity contribution in [1.29, 1.82) is 0 Å². The molecule has 0 bridgehead atoms. The zero-order valence-electron chi connectivity index (χ0n) is 13.7. The van der Waals surface area contributed by atoms with Crippen LogP contribution in [0.2, 0.25) is 0 Å². The van der Waals surface area contributed by atoms with Gasteiger partial charge in [-0.1, -0.05) is 6.92 Å². The van der Waals surface area contributed by atoms with E-state index < -0.39 is 0 Å². The molecule has 2 atom stereocenters. The van der Waals surface area contributed by atoms with Crippen LogP contribution in [0.5, 0.6) is 0 Å². The van der Waals surface area contributed by atoms with Crippen LogP contribution in [0.25, 0.3) is 0 Å². The minimum absolute atomic E-state index is 0.122. The van der Waals surface area contributed by atoms with Gasteiger partial charge in [-0.2, -0.15) is 0 Å². The second-order valence-corrected chi connectivity index (χ2v) is 7.30. The van der Waals surface area contributed by atoms with Crippen LogP contribution in [0.3, 0.4) is 0 Å². The summed E-state index contributed by atoms with van der Waals surface area (Å²) in [4.78, 5) is 2.60. The van der Waals surface area contributed by atoms with E-state index in [1.54, 1.807) is 0 Å². The molecule has 1 aliphatic rings. The average Bonchev–Trinajstić information content (AvgIpc) is 2.79. The van der Waals surface area contributed by atoms with Crippen molar-refractivity contribution >= 4 is 0 Å². The number of rotatable bonds is 4. The van der Waals surface area contributed by atoms with E-state index >= 15 is 0 Å². The molecule has 0 aliphatic carbocycles. The molecule has 1 N–H and O–H groups in total. The summed E-state index contributed by atoms with van der Waals surface area (Å²) in [6, 6.07) is 2.80. The van der Waals surface area contributed by atoms with Gasteiger partial charge < -0.3 is 9.73 Å². The Balaban J connectivity index is 1.98. The van der Waals surface area contributed by atoms with Crippen molar-refractivity contribution in [3.05, 3.63) is 23.7 Å². The van der Waals surface area contributed by atoms with Crippen LogP contribution >= 0.6 is 0 Å². The van der Waals surface area contributed by atoms with Gasteiger partial charge >= 0.3 is 0 Å². The first-order valence-electron chi connectivity index (χ1n) is 7.91. The van der Waals surface area contributed by atoms with E-state index in [1.165, 1.54) is 24.9 Å². The Kier molecular flexibility index (Phi) is 4.92. The van der Waals surface area contributed by atoms with E-state index in [1.807, 2.05) is 6.26 Å². The molecule has 1 aromatic rings. The van der Waals surface area contributed by atoms with E-state index in [-0.39, 0.29) is 5.54 Å². The standard InChI is InChI=1S/C17H30N2O/c1-13-7-6-9-19(14(13)2)12-15-8-10-20-16(15)11-18-17(3,4)5/h8,10,13-14,18H,6-7,9,11-12H2,1-5H3. The van der Waals surface area contributed by atoms with Gasteiger partial charge in [-0.3, -0.25) is 4.90 Å². The largest absolute Gasteiger partial charge is 0.468 e. The van der Waals surface area contributed by atoms with Crippen LogP contribution in [0.1, 0.15) is 58.8 Å². The second-order valence-electron chi connectivity index (χ2n) is 7.30. The molecule has 0 radical (unpaired) electrons. The van der Waals surface area contributed by atoms with Gasteiger partial charge in [-0.25, -0.2) is 0 Å². The van der Waals surface area contributed by atoms with Gasteiger partial charge in [0.25, 0.3) is 0 Å². The molecular formula is C17H30N2O. The maximum atomic E-state index is 5.67. The highest BCUT2D eigenvalue weighted by Crippen LogP contribution is 2.25. The molecule has 0 amide bonds. The van der Waals surface area contributed by atoms with E-state index in [9.17, 15) is 0 Å². The van der Waals surface area contributed by atoms with Crippen LogP contribution in [-0.2, 0) is 13.1 Å². The molecule has 1 aliphatic heterocycles. The summed E-state index contributed by atoms with van der Waals surface area (Å²) in [5.74, 6) is 1.89. The molecule has 1 fully saturated rings. The molecule has 0 aromatic carbocycles. The number of hydrogen-bond acceptors (Lipinski definition) is 3. The maximum Gasteiger partial charge on any atom is 0.122 e. The summed E-state index contributed by atoms with van der Waals surface area (Å²) >= 11 is 0. The Labute approximate surface area is 123 Å². The van der Waals surface area contributed by atoms with Crippen LogP contribution in [0, 0.1) is 5.92 Å². The van der Waals surface area contributed by atoms with E-state index in [2.05, 4.69) is 50.9 Å². The van der Waals surface area contributed by atoms with Crippen molar-refractivity contribution in [2.24, 2.45) is 5.92 Å². The van der Waals surface area contributed by atoms with Gasteiger partial charge in [0.05, 0.1) is 12.8 Å². The summed E-state index contributed by atoms with van der Waals surface area (Å²) in [5.41, 5.74) is 1.46. The highest BCUT2D eigenvalue weighted by atomic mass is 16.3. The van der Waals surface area contributed by atoms with Crippen LogP contribution in [0.4, 0.5) is 0 Å². The van der Waals surface area contributed by atoms with E-state index in [0.29, 0.717) is 6.04 Å². The Morgan fingerprint density at radius 1 is 1.35 bits per heavy atom. The second kappa shape index (κ2) is 6.31. The lowest BCUT2D eigenvalue weighted by atomic mass is 9.92. The molecule has 0 spiro atoms. The third kappa shape index (κ3) is 4.10. The summed E-state index contributed by atoms with van der Waals surface area (Å²) in [6.07, 6.45) is 4.51. The summed E-state index contributed by atoms with van der Waals surface area (Å²) < 4.78 is 5.67. The SMILES string of the molecule is CC1CCCN(Cc2ccoc2CNC(C)(C)C)C1C. The highest BCUT2D eigenvalue weighted by Gasteiger charge is 2.25. The number of hydrogen-bond donors (Lipinski definition) is 1. The number of nitrogens with zero attached hydrogens (tertiary/aromatic N) is 1. The monoisotopic (exact) mass is 278 g/mol. The average molecular weight is 278 g/mol. The number of piperidine rings is 1. The van der Waals surface area contributed by atoms with Gasteiger partial charge in [-0.05, 0) is 59.1 Å². The first-order chi connectivity index (χ1) is 9.37. The minimum atomic E-state index is 0.122. The van der Waals surface area contributed by atoms with Crippen molar-refractivity contribution in [3.63, 3.8) is 0 Å². The third-order valence-electron chi connectivity index (χ3n) is 4.49. The summed E-state index contributed by atoms with van der Waals surface area (Å²) in [5, 5.41) is 3.51. The fourth-order valence-corrected chi connectivity index (χ4v) is 2.87. The molecule has 2 heterocycles. The molecule has 0 saturated carbocycles. The number of furan rings is 1. The lowest BCUT2D eigenvalue weighted by Gasteiger charge is -2.37. The van der Waals surface area contributed by atoms with Crippen molar-refractivity contribution in [1.82, 2.24) is 10.2 Å². The zero-order chi connectivity index (χ0) is 14.8. The van der Waals surface area contributed by atoms with Crippen molar-refractivity contribution in [2.45, 2.75) is 72.1 Å². The zero-order valence-corrected chi connectivity index (χ0v) is 13.7. The third-order valence-corrected chi connectivity index (χ3v) is 4.49. The molecule has 2 unspecified atom stereocenters. The van der Waals surface area contributed by atoms with Crippen LogP contribution < -0.4 is 5.32 Å². The topological polar surface area (TPSA) is 28.4 Å².